The summed E-state index contributed by atoms with van der Waals surface area (Å²) in [6.07, 6.45) is 3.86. The molecule has 1 aromatic carbocycles. The van der Waals surface area contributed by atoms with E-state index < -0.39 is 0 Å². The summed E-state index contributed by atoms with van der Waals surface area (Å²) in [7, 11) is 33.4. The molecule has 0 aliphatic carbocycles. The molecule has 0 bridgehead atoms. The van der Waals surface area contributed by atoms with Crippen LogP contribution in [0.3, 0.4) is 0 Å². The molecular formula is C73H158N20O22. The number of benzene rings is 1. The Hall–Kier alpha value is -8.56. The average molecular weight is 1670 g/mol. The maximum atomic E-state index is 11.2. The second-order valence-corrected chi connectivity index (χ2v) is 24.6. The number of methoxy groups -OCH3 is 11. The molecule has 0 fully saturated rings. The van der Waals surface area contributed by atoms with Gasteiger partial charge in [0.2, 0.25) is 0 Å². The predicted octanol–water partition coefficient (Wildman–Crippen LogP) is 1.90. The number of nitrogens with one attached hydrogen (secondary N) is 20. The van der Waals surface area contributed by atoms with Gasteiger partial charge in [-0.15, -0.1) is 0 Å². The first kappa shape index (κ1) is 125. The SMILES string of the molecule is CCC(COC)NC(=O)NC.CCCC(COC)NC(=O)NC.CNC(=O)NC(C)COC.CNC(=O)NC(CO)COC.CNC(=O)NC(COC)C(C)C.CNC(=O)NC(COC)CC(C)C.CNC(=O)NC(COC)COC.CNC(=O)NC(COC)c1ccccc1.CNC(=O)NCC(C)OC.CNC(=O)NCCOC. The lowest BCUT2D eigenvalue weighted by atomic mass is 10.0. The van der Waals surface area contributed by atoms with Crippen molar-refractivity contribution in [1.29, 1.82) is 0 Å². The maximum absolute atomic E-state index is 11.2. The van der Waals surface area contributed by atoms with Gasteiger partial charge in [0, 0.05) is 162 Å². The van der Waals surface area contributed by atoms with Gasteiger partial charge in [-0.05, 0) is 50.5 Å². The molecule has 21 N–H and O–H groups in total. The summed E-state index contributed by atoms with van der Waals surface area (Å²) in [6.45, 7) is 22.1. The third kappa shape index (κ3) is 94.2. The van der Waals surface area contributed by atoms with Gasteiger partial charge in [-0.2, -0.15) is 0 Å². The number of rotatable bonds is 40. The first-order chi connectivity index (χ1) is 54.7. The monoisotopic (exact) mass is 1670 g/mol. The fraction of sp³-hybridized carbons (Fsp3) is 0.781. The van der Waals surface area contributed by atoms with E-state index in [2.05, 4.69) is 127 Å². The molecule has 0 spiro atoms. The van der Waals surface area contributed by atoms with Crippen LogP contribution in [0.2, 0.25) is 0 Å². The lowest BCUT2D eigenvalue weighted by molar-refractivity contribution is 0.106. The predicted molar refractivity (Wildman–Crippen MR) is 449 cm³/mol. The summed E-state index contributed by atoms with van der Waals surface area (Å²) in [5, 5.41) is 60.3. The molecule has 682 valence electrons. The second kappa shape index (κ2) is 94.3. The summed E-state index contributed by atoms with van der Waals surface area (Å²) in [6, 6.07) is 7.75. The highest BCUT2D eigenvalue weighted by atomic mass is 16.5. The van der Waals surface area contributed by atoms with Gasteiger partial charge in [-0.25, -0.2) is 47.9 Å². The van der Waals surface area contributed by atoms with Crippen molar-refractivity contribution in [2.24, 2.45) is 11.8 Å². The number of ether oxygens (including phenoxy) is 11. The smallest absolute Gasteiger partial charge is 0.315 e. The number of urea groups is 10. The van der Waals surface area contributed by atoms with Gasteiger partial charge in [0.05, 0.1) is 127 Å². The van der Waals surface area contributed by atoms with Crippen molar-refractivity contribution in [3.05, 3.63) is 35.9 Å². The van der Waals surface area contributed by atoms with Gasteiger partial charge in [-0.3, -0.25) is 0 Å². The van der Waals surface area contributed by atoms with Crippen LogP contribution >= 0.6 is 0 Å². The number of hydrogen-bond donors (Lipinski definition) is 21. The van der Waals surface area contributed by atoms with Crippen molar-refractivity contribution in [1.82, 2.24) is 106 Å². The number of carbonyl (C=O) groups is 10. The zero-order chi connectivity index (χ0) is 90.2. The van der Waals surface area contributed by atoms with Gasteiger partial charge in [0.1, 0.15) is 0 Å². The average Bonchev–Trinajstić information content (AvgIpc) is 0.891. The lowest BCUT2D eigenvalue weighted by Gasteiger charge is -2.20. The third-order valence-corrected chi connectivity index (χ3v) is 13.9. The Morgan fingerprint density at radius 1 is 0.357 bits per heavy atom. The molecule has 0 radical (unpaired) electrons. The van der Waals surface area contributed by atoms with Crippen LogP contribution < -0.4 is 106 Å². The first-order valence-corrected chi connectivity index (χ1v) is 37.5. The highest BCUT2D eigenvalue weighted by Gasteiger charge is 2.17. The molecule has 8 unspecified atom stereocenters. The number of hydrogen-bond acceptors (Lipinski definition) is 22. The molecule has 42 heteroatoms. The largest absolute Gasteiger partial charge is 0.394 e. The molecule has 1 rings (SSSR count). The molecule has 0 saturated carbocycles. The molecule has 0 saturated heterocycles. The van der Waals surface area contributed by atoms with E-state index in [1.54, 1.807) is 135 Å². The standard InChI is InChI=1S/C11H16N2O2.C9H20N2O2.2C8H18N2O2.C7H16N2O3.C7H16N2O2.C6H14N2O3.2C6H14N2O2.C5H12N2O2/c1-12-11(14)13-10(8-15-2)9-6-4-3-5-7-9;1-7(2)5-8(6-13-4)11-9(12)10-3;1-6(2)7(5-12-4)10-8(11)9-3;1-4-5-7(6-12-3)10-8(11)9-2;1-8-7(10)9-6(4-11-2)5-12-3;1-4-6(5-11-3)9-7(10)8-2;1-7-6(10)8-5(3-9)4-11-2;1-5(4-10-3)8-6(9)7-2;1-5(10-3)4-8-6(9)7-2;1-6-5(8)7-3-4-9-2/h3-7,10H,8H2,1-2H3,(H2,12,13,14);7-8H,5-6H2,1-4H3,(H2,10,11,12);6-7H,5H2,1-4H3,(H2,9,10,11);7H,4-6H2,1-3H3,(H2,9,10,11);6H,4-5H2,1-3H3,(H2,8,9,10);6H,4-5H2,1-3H3,(H2,8,9,10);5,9H,3-4H2,1-2H3,(H2,7,8,10);2*5H,4H2,1-3H3,(H2,7,8,9);3-4H2,1-2H3,(H2,6,7,8). The van der Waals surface area contributed by atoms with Crippen LogP contribution in [0.4, 0.5) is 47.9 Å². The number of aliphatic hydroxyl groups is 1. The van der Waals surface area contributed by atoms with Gasteiger partial charge in [0.25, 0.3) is 0 Å². The summed E-state index contributed by atoms with van der Waals surface area (Å²) < 4.78 is 53.8. The van der Waals surface area contributed by atoms with Crippen LogP contribution in [0.1, 0.15) is 92.7 Å². The van der Waals surface area contributed by atoms with Crippen molar-refractivity contribution < 1.29 is 105 Å². The van der Waals surface area contributed by atoms with Gasteiger partial charge in [-0.1, -0.05) is 78.3 Å². The maximum Gasteiger partial charge on any atom is 0.315 e. The van der Waals surface area contributed by atoms with Gasteiger partial charge < -0.3 is 164 Å². The van der Waals surface area contributed by atoms with Crippen LogP contribution in [0.25, 0.3) is 0 Å². The number of amides is 20. The fourth-order valence-electron chi connectivity index (χ4n) is 7.79. The molecule has 0 heterocycles. The highest BCUT2D eigenvalue weighted by Crippen LogP contribution is 2.12. The van der Waals surface area contributed by atoms with Gasteiger partial charge >= 0.3 is 60.3 Å². The molecule has 0 aliphatic rings. The Bertz CT molecular complexity index is 2350. The van der Waals surface area contributed by atoms with E-state index in [1.807, 2.05) is 65.0 Å². The number of carbonyl (C=O) groups excluding carboxylic acids is 10. The van der Waals surface area contributed by atoms with Crippen LogP contribution in [0.15, 0.2) is 30.3 Å². The third-order valence-electron chi connectivity index (χ3n) is 13.9. The molecule has 115 heavy (non-hydrogen) atoms. The molecule has 42 nitrogen and oxygen atoms in total. The van der Waals surface area contributed by atoms with E-state index in [9.17, 15) is 47.9 Å². The minimum absolute atomic E-state index is 0.0601. The Morgan fingerprint density at radius 2 is 0.696 bits per heavy atom. The molecule has 8 atom stereocenters. The van der Waals surface area contributed by atoms with E-state index in [-0.39, 0.29) is 121 Å². The zero-order valence-electron chi connectivity index (χ0n) is 74.8. The van der Waals surface area contributed by atoms with Crippen molar-refractivity contribution in [2.75, 3.05) is 234 Å². The van der Waals surface area contributed by atoms with E-state index >= 15 is 0 Å². The van der Waals surface area contributed by atoms with Crippen molar-refractivity contribution >= 4 is 60.3 Å². The minimum atomic E-state index is -0.333. The quantitative estimate of drug-likeness (QED) is 0.0417. The zero-order valence-corrected chi connectivity index (χ0v) is 74.8. The Balaban J connectivity index is -0.000000156. The van der Waals surface area contributed by atoms with Crippen molar-refractivity contribution in [2.45, 2.75) is 136 Å². The minimum Gasteiger partial charge on any atom is -0.394 e. The van der Waals surface area contributed by atoms with Crippen molar-refractivity contribution in [3.8, 4) is 0 Å². The summed E-state index contributed by atoms with van der Waals surface area (Å²) >= 11 is 0. The molecule has 0 aromatic heterocycles. The molecule has 20 amide bonds. The first-order valence-electron chi connectivity index (χ1n) is 37.5. The number of aliphatic hydroxyl groups excluding tert-OH is 1. The summed E-state index contributed by atoms with van der Waals surface area (Å²) in [5.41, 5.74) is 1.03. The Labute approximate surface area is 687 Å². The van der Waals surface area contributed by atoms with Crippen LogP contribution in [0.5, 0.6) is 0 Å². The van der Waals surface area contributed by atoms with E-state index in [1.165, 1.54) is 14.2 Å². The highest BCUT2D eigenvalue weighted by molar-refractivity contribution is 5.77. The normalized spacial score (nSPS) is 11.8. The second-order valence-electron chi connectivity index (χ2n) is 24.6. The lowest BCUT2D eigenvalue weighted by Crippen LogP contribution is -2.45. The van der Waals surface area contributed by atoms with Crippen LogP contribution in [0, 0.1) is 11.8 Å². The van der Waals surface area contributed by atoms with Gasteiger partial charge in [0.15, 0.2) is 0 Å². The Kier molecular flexibility index (Phi) is 102. The van der Waals surface area contributed by atoms with Crippen molar-refractivity contribution in [3.63, 3.8) is 0 Å². The fourth-order valence-corrected chi connectivity index (χ4v) is 7.79. The van der Waals surface area contributed by atoms with E-state index in [4.69, 9.17) is 57.2 Å². The topological polar surface area (TPSA) is 533 Å². The van der Waals surface area contributed by atoms with Crippen LogP contribution in [-0.2, 0) is 52.1 Å². The summed E-state index contributed by atoms with van der Waals surface area (Å²) in [5.74, 6) is 0.930. The molecule has 1 aromatic rings. The van der Waals surface area contributed by atoms with E-state index in [0.29, 0.717) is 91.0 Å². The Morgan fingerprint density at radius 3 is 1.06 bits per heavy atom. The molecule has 0 aliphatic heterocycles. The van der Waals surface area contributed by atoms with E-state index in [0.717, 1.165) is 31.2 Å². The van der Waals surface area contributed by atoms with Crippen LogP contribution in [-0.4, -0.2) is 348 Å². The summed E-state index contributed by atoms with van der Waals surface area (Å²) in [4.78, 5) is 108. The molecular weight excluding hydrogens is 1510 g/mol.